The number of aromatic amines is 1. The van der Waals surface area contributed by atoms with Gasteiger partial charge in [-0.1, -0.05) is 30.9 Å². The highest BCUT2D eigenvalue weighted by Gasteiger charge is 2.56. The molecule has 0 saturated heterocycles. The van der Waals surface area contributed by atoms with E-state index in [2.05, 4.69) is 41.4 Å². The van der Waals surface area contributed by atoms with Crippen molar-refractivity contribution in [1.29, 1.82) is 0 Å². The van der Waals surface area contributed by atoms with Crippen LogP contribution >= 0.6 is 27.5 Å². The molecule has 11 heteroatoms. The van der Waals surface area contributed by atoms with E-state index in [4.69, 9.17) is 11.6 Å². The highest BCUT2D eigenvalue weighted by Crippen LogP contribution is 2.61. The summed E-state index contributed by atoms with van der Waals surface area (Å²) in [5, 5.41) is 9.58. The molecule has 2 aliphatic rings. The monoisotopic (exact) mass is 508 g/mol. The third-order valence-electron chi connectivity index (χ3n) is 5.16. The van der Waals surface area contributed by atoms with Crippen molar-refractivity contribution in [3.05, 3.63) is 41.2 Å². The molecule has 7 nitrogen and oxygen atoms in total. The maximum absolute atomic E-state index is 15.1. The van der Waals surface area contributed by atoms with Gasteiger partial charge in [0, 0.05) is 35.0 Å². The second-order valence-corrected chi connectivity index (χ2v) is 9.28. The van der Waals surface area contributed by atoms with Crippen molar-refractivity contribution in [3.63, 3.8) is 0 Å². The van der Waals surface area contributed by atoms with Crippen molar-refractivity contribution in [2.75, 3.05) is 5.32 Å². The van der Waals surface area contributed by atoms with E-state index < -0.39 is 16.3 Å². The number of hydrogen-bond acceptors (Lipinski definition) is 4. The number of alkyl halides is 2. The Morgan fingerprint density at radius 1 is 1.32 bits per heavy atom. The van der Waals surface area contributed by atoms with Crippen molar-refractivity contribution in [2.45, 2.75) is 36.2 Å². The van der Waals surface area contributed by atoms with Gasteiger partial charge in [-0.25, -0.2) is 13.8 Å². The highest BCUT2D eigenvalue weighted by atomic mass is 79.9. The number of aromatic nitrogens is 5. The summed E-state index contributed by atoms with van der Waals surface area (Å²) in [7, 11) is 0. The van der Waals surface area contributed by atoms with Crippen LogP contribution in [0.4, 0.5) is 14.6 Å². The molecule has 3 heterocycles. The van der Waals surface area contributed by atoms with Crippen LogP contribution in [0.1, 0.15) is 37.2 Å². The molecule has 2 saturated carbocycles. The van der Waals surface area contributed by atoms with Crippen LogP contribution in [0.5, 0.6) is 0 Å². The van der Waals surface area contributed by atoms with Gasteiger partial charge in [0.1, 0.15) is 5.82 Å². The SMILES string of the molecule is C1CC1.O=CNc1cn2cc(-c3c(Cl)c(F)c(C4CC4(F)Br)c4[nH]ncc34)ncc2n1. The first-order valence-electron chi connectivity index (χ1n) is 9.67. The van der Waals surface area contributed by atoms with Crippen LogP contribution in [0, 0.1) is 5.82 Å². The number of amides is 1. The molecule has 2 N–H and O–H groups in total. The van der Waals surface area contributed by atoms with E-state index in [1.807, 2.05) is 0 Å². The van der Waals surface area contributed by atoms with Crippen molar-refractivity contribution in [3.8, 4) is 11.3 Å². The minimum absolute atomic E-state index is 0.152. The van der Waals surface area contributed by atoms with Crippen molar-refractivity contribution < 1.29 is 13.6 Å². The minimum atomic E-state index is -1.65. The molecule has 0 bridgehead atoms. The lowest BCUT2D eigenvalue weighted by molar-refractivity contribution is -0.105. The molecule has 31 heavy (non-hydrogen) atoms. The Balaban J connectivity index is 0.000000628. The minimum Gasteiger partial charge on any atom is -0.312 e. The molecule has 2 fully saturated rings. The van der Waals surface area contributed by atoms with Crippen LogP contribution in [0.15, 0.2) is 24.8 Å². The standard InChI is InChI=1S/C17H10BrClF2N6O.C3H6/c18-17(21)1-8(17)13-15(20)14(19)12(7-2-24-26-16(7)13)9-4-27-5-10(23-6-28)25-11(27)3-22-9;1-2-3-1/h2-6,8H,1H2,(H,23,28)(H,24,26);1-3H2. The normalized spacial score (nSPS) is 21.6. The quantitative estimate of drug-likeness (QED) is 0.287. The number of halogens is 4. The molecule has 2 aliphatic carbocycles. The zero-order chi connectivity index (χ0) is 21.8. The number of rotatable bonds is 4. The maximum Gasteiger partial charge on any atom is 0.212 e. The lowest BCUT2D eigenvalue weighted by Crippen LogP contribution is -2.00. The molecule has 1 amide bonds. The third kappa shape index (κ3) is 3.67. The first kappa shape index (κ1) is 20.3. The summed E-state index contributed by atoms with van der Waals surface area (Å²) in [5.74, 6) is -1.00. The molecule has 0 spiro atoms. The van der Waals surface area contributed by atoms with Crippen LogP contribution in [-0.2, 0) is 4.79 Å². The molecule has 3 aromatic heterocycles. The Morgan fingerprint density at radius 3 is 2.71 bits per heavy atom. The number of nitrogens with one attached hydrogen (secondary N) is 2. The van der Waals surface area contributed by atoms with E-state index in [9.17, 15) is 9.18 Å². The van der Waals surface area contributed by atoms with Gasteiger partial charge in [0.05, 0.1) is 34.8 Å². The molecular formula is C20H16BrClF2N6O. The van der Waals surface area contributed by atoms with E-state index in [1.54, 1.807) is 16.8 Å². The van der Waals surface area contributed by atoms with Gasteiger partial charge in [0.25, 0.3) is 0 Å². The lowest BCUT2D eigenvalue weighted by Gasteiger charge is -2.12. The summed E-state index contributed by atoms with van der Waals surface area (Å²) >= 11 is 9.33. The van der Waals surface area contributed by atoms with E-state index >= 15 is 4.39 Å². The Hall–Kier alpha value is -2.59. The third-order valence-corrected chi connectivity index (χ3v) is 6.39. The van der Waals surface area contributed by atoms with Crippen LogP contribution in [-0.4, -0.2) is 35.6 Å². The lowest BCUT2D eigenvalue weighted by atomic mass is 10.00. The van der Waals surface area contributed by atoms with Crippen LogP contribution in [0.2, 0.25) is 5.02 Å². The van der Waals surface area contributed by atoms with Gasteiger partial charge in [-0.05, 0) is 15.9 Å². The van der Waals surface area contributed by atoms with Crippen LogP contribution in [0.25, 0.3) is 27.8 Å². The molecule has 2 unspecified atom stereocenters. The summed E-state index contributed by atoms with van der Waals surface area (Å²) in [6, 6.07) is 0. The van der Waals surface area contributed by atoms with Gasteiger partial charge < -0.3 is 9.72 Å². The molecule has 0 aliphatic heterocycles. The number of hydrogen-bond donors (Lipinski definition) is 2. The number of imidazole rings is 1. The Kier molecular flexibility index (Phi) is 4.93. The average Bonchev–Trinajstić information content (AvgIpc) is 3.62. The number of H-pyrrole nitrogens is 1. The Morgan fingerprint density at radius 2 is 2.06 bits per heavy atom. The first-order chi connectivity index (χ1) is 14.9. The van der Waals surface area contributed by atoms with Crippen molar-refractivity contribution in [1.82, 2.24) is 24.6 Å². The van der Waals surface area contributed by atoms with Crippen molar-refractivity contribution in [2.24, 2.45) is 0 Å². The number of carbonyl (C=O) groups excluding carboxylic acids is 1. The van der Waals surface area contributed by atoms with Gasteiger partial charge in [-0.15, -0.1) is 0 Å². The summed E-state index contributed by atoms with van der Waals surface area (Å²) in [6.45, 7) is 0. The number of nitrogens with zero attached hydrogens (tertiary/aromatic N) is 4. The zero-order valence-corrected chi connectivity index (χ0v) is 18.3. The predicted octanol–water partition coefficient (Wildman–Crippen LogP) is 5.35. The summed E-state index contributed by atoms with van der Waals surface area (Å²) in [4.78, 5) is 19.1. The number of carbonyl (C=O) groups is 1. The van der Waals surface area contributed by atoms with Crippen molar-refractivity contribution >= 4 is 56.3 Å². The Bertz CT molecular complexity index is 1320. The molecule has 0 radical (unpaired) electrons. The second-order valence-electron chi connectivity index (χ2n) is 7.58. The molecule has 2 atom stereocenters. The van der Waals surface area contributed by atoms with Gasteiger partial charge >= 0.3 is 0 Å². The summed E-state index contributed by atoms with van der Waals surface area (Å²) in [6.07, 6.45) is 11.4. The summed E-state index contributed by atoms with van der Waals surface area (Å²) in [5.41, 5.74) is 1.76. The predicted molar refractivity (Wildman–Crippen MR) is 117 cm³/mol. The number of fused-ring (bicyclic) bond motifs is 2. The smallest absolute Gasteiger partial charge is 0.212 e. The summed E-state index contributed by atoms with van der Waals surface area (Å²) < 4.78 is 29.3. The molecule has 160 valence electrons. The van der Waals surface area contributed by atoms with Gasteiger partial charge in [0.15, 0.2) is 16.0 Å². The van der Waals surface area contributed by atoms with E-state index in [-0.39, 0.29) is 17.0 Å². The molecular weight excluding hydrogens is 494 g/mol. The molecule has 4 aromatic rings. The maximum atomic E-state index is 15.1. The van der Waals surface area contributed by atoms with Gasteiger partial charge in [0.2, 0.25) is 6.41 Å². The second kappa shape index (κ2) is 7.52. The fourth-order valence-corrected chi connectivity index (χ4v) is 4.25. The average molecular weight is 510 g/mol. The Labute approximate surface area is 188 Å². The van der Waals surface area contributed by atoms with E-state index in [0.717, 1.165) is 0 Å². The fraction of sp³-hybridized carbons (Fsp3) is 0.300. The molecule has 1 aromatic carbocycles. The molecule has 6 rings (SSSR count). The topological polar surface area (TPSA) is 88.0 Å². The van der Waals surface area contributed by atoms with E-state index in [0.29, 0.717) is 40.0 Å². The number of anilines is 1. The number of benzene rings is 1. The largest absolute Gasteiger partial charge is 0.312 e. The van der Waals surface area contributed by atoms with Gasteiger partial charge in [-0.3, -0.25) is 14.9 Å². The zero-order valence-electron chi connectivity index (χ0n) is 16.0. The van der Waals surface area contributed by atoms with Gasteiger partial charge in [-0.2, -0.15) is 5.10 Å². The highest BCUT2D eigenvalue weighted by molar-refractivity contribution is 9.10. The fourth-order valence-electron chi connectivity index (χ4n) is 3.40. The first-order valence-corrected chi connectivity index (χ1v) is 10.8. The van der Waals surface area contributed by atoms with Crippen LogP contribution in [0.3, 0.4) is 0 Å². The van der Waals surface area contributed by atoms with Crippen LogP contribution < -0.4 is 5.32 Å². The van der Waals surface area contributed by atoms with E-state index in [1.165, 1.54) is 31.7 Å².